The summed E-state index contributed by atoms with van der Waals surface area (Å²) in [4.78, 5) is 8.90. The summed E-state index contributed by atoms with van der Waals surface area (Å²) in [5.41, 5.74) is 2.89. The molecule has 4 nitrogen and oxygen atoms in total. The predicted molar refractivity (Wildman–Crippen MR) is 53.9 cm³/mol. The van der Waals surface area contributed by atoms with Crippen LogP contribution in [0.2, 0.25) is 0 Å². The molecule has 0 spiro atoms. The van der Waals surface area contributed by atoms with Crippen molar-refractivity contribution in [2.24, 2.45) is 7.05 Å². The van der Waals surface area contributed by atoms with Gasteiger partial charge in [-0.15, -0.1) is 4.98 Å². The van der Waals surface area contributed by atoms with Crippen LogP contribution >= 0.6 is 0 Å². The molecule has 0 saturated carbocycles. The van der Waals surface area contributed by atoms with E-state index in [1.165, 1.54) is 5.82 Å². The molecule has 0 atom stereocenters. The molecule has 0 bridgehead atoms. The first kappa shape index (κ1) is 9.12. The topological polar surface area (TPSA) is 34.6 Å². The Kier molecular flexibility index (Phi) is 1.98. The maximum atomic E-state index is 4.48. The van der Waals surface area contributed by atoms with Crippen LogP contribution in [0.3, 0.4) is 0 Å². The van der Waals surface area contributed by atoms with Crippen molar-refractivity contribution in [2.75, 3.05) is 0 Å². The van der Waals surface area contributed by atoms with Gasteiger partial charge in [0.2, 0.25) is 5.82 Å². The van der Waals surface area contributed by atoms with Gasteiger partial charge in [0.15, 0.2) is 0 Å². The zero-order valence-electron chi connectivity index (χ0n) is 9.07. The predicted octanol–water partition coefficient (Wildman–Crippen LogP) is 0.893. The Balaban J connectivity index is 2.88. The molecule has 0 radical (unpaired) electrons. The van der Waals surface area contributed by atoms with Crippen molar-refractivity contribution in [1.82, 2.24) is 14.5 Å². The summed E-state index contributed by atoms with van der Waals surface area (Å²) in [5, 5.41) is 0. The lowest BCUT2D eigenvalue weighted by molar-refractivity contribution is -0.654. The molecule has 0 N–H and O–H groups in total. The quantitative estimate of drug-likeness (QED) is 0.627. The van der Waals surface area contributed by atoms with Crippen molar-refractivity contribution in [3.05, 3.63) is 17.7 Å². The Labute approximate surface area is 83.2 Å². The van der Waals surface area contributed by atoms with Crippen LogP contribution in [0.1, 0.15) is 18.4 Å². The monoisotopic (exact) mass is 191 g/mol. The number of rotatable bonds is 1. The number of nitrogens with zero attached hydrogens (tertiary/aromatic N) is 4. The largest absolute Gasteiger partial charge is 0.322 e. The van der Waals surface area contributed by atoms with Crippen molar-refractivity contribution in [1.29, 1.82) is 0 Å². The first-order chi connectivity index (χ1) is 6.65. The van der Waals surface area contributed by atoms with Crippen molar-refractivity contribution < 1.29 is 4.57 Å². The van der Waals surface area contributed by atoms with Crippen molar-refractivity contribution in [3.8, 4) is 0 Å². The number of fused-ring (bicyclic) bond motifs is 1. The number of aryl methyl sites for hydroxylation is 3. The van der Waals surface area contributed by atoms with E-state index in [0.29, 0.717) is 0 Å². The molecule has 0 unspecified atom stereocenters. The van der Waals surface area contributed by atoms with Crippen LogP contribution in [-0.2, 0) is 13.6 Å². The van der Waals surface area contributed by atoms with Gasteiger partial charge < -0.3 is 0 Å². The lowest BCUT2D eigenvalue weighted by Gasteiger charge is -1.94. The SMILES string of the molecule is CCn1c(C)[n+](C)c2nc(C)cnc21. The highest BCUT2D eigenvalue weighted by Crippen LogP contribution is 2.08. The minimum absolute atomic E-state index is 0.931. The fourth-order valence-electron chi connectivity index (χ4n) is 1.74. The molecule has 0 amide bonds. The van der Waals surface area contributed by atoms with Crippen molar-refractivity contribution in [3.63, 3.8) is 0 Å². The summed E-state index contributed by atoms with van der Waals surface area (Å²) in [7, 11) is 2.03. The van der Waals surface area contributed by atoms with E-state index in [-0.39, 0.29) is 0 Å². The third kappa shape index (κ3) is 1.10. The van der Waals surface area contributed by atoms with E-state index in [9.17, 15) is 0 Å². The van der Waals surface area contributed by atoms with Crippen LogP contribution in [0, 0.1) is 13.8 Å². The Morgan fingerprint density at radius 3 is 2.79 bits per heavy atom. The number of hydrogen-bond donors (Lipinski definition) is 0. The van der Waals surface area contributed by atoms with E-state index in [2.05, 4.69) is 32.9 Å². The average molecular weight is 191 g/mol. The Hall–Kier alpha value is -1.45. The molecule has 0 fully saturated rings. The van der Waals surface area contributed by atoms with Gasteiger partial charge in [0.1, 0.15) is 5.69 Å². The molecule has 2 rings (SSSR count). The summed E-state index contributed by atoms with van der Waals surface area (Å²) < 4.78 is 4.25. The first-order valence-electron chi connectivity index (χ1n) is 4.83. The summed E-state index contributed by atoms with van der Waals surface area (Å²) in [6, 6.07) is 0. The van der Waals surface area contributed by atoms with E-state index in [4.69, 9.17) is 0 Å². The van der Waals surface area contributed by atoms with E-state index in [1.807, 2.05) is 20.2 Å². The van der Waals surface area contributed by atoms with Gasteiger partial charge in [0.25, 0.3) is 5.65 Å². The number of aromatic nitrogens is 4. The van der Waals surface area contributed by atoms with E-state index < -0.39 is 0 Å². The van der Waals surface area contributed by atoms with E-state index in [1.54, 1.807) is 0 Å². The molecule has 0 aliphatic rings. The smallest absolute Gasteiger partial charge is 0.242 e. The average Bonchev–Trinajstić information content (AvgIpc) is 2.41. The van der Waals surface area contributed by atoms with Crippen LogP contribution in [-0.4, -0.2) is 14.5 Å². The Bertz CT molecular complexity index is 484. The molecule has 0 aromatic carbocycles. The van der Waals surface area contributed by atoms with Crippen LogP contribution < -0.4 is 4.57 Å². The second-order valence-electron chi connectivity index (χ2n) is 3.51. The van der Waals surface area contributed by atoms with Gasteiger partial charge in [-0.2, -0.15) is 0 Å². The lowest BCUT2D eigenvalue weighted by atomic mass is 10.5. The molecule has 2 aromatic rings. The zero-order valence-corrected chi connectivity index (χ0v) is 9.07. The van der Waals surface area contributed by atoms with Crippen LogP contribution in [0.5, 0.6) is 0 Å². The summed E-state index contributed by atoms with van der Waals surface area (Å²) >= 11 is 0. The zero-order chi connectivity index (χ0) is 10.3. The molecule has 4 heteroatoms. The number of imidazole rings is 1. The highest BCUT2D eigenvalue weighted by Gasteiger charge is 2.19. The molecular weight excluding hydrogens is 176 g/mol. The van der Waals surface area contributed by atoms with Gasteiger partial charge in [-0.05, 0) is 13.8 Å². The third-order valence-corrected chi connectivity index (χ3v) is 2.62. The van der Waals surface area contributed by atoms with Crippen LogP contribution in [0.15, 0.2) is 6.20 Å². The minimum Gasteiger partial charge on any atom is -0.242 e. The maximum absolute atomic E-state index is 4.48. The second kappa shape index (κ2) is 3.04. The fourth-order valence-corrected chi connectivity index (χ4v) is 1.74. The van der Waals surface area contributed by atoms with Gasteiger partial charge in [0.05, 0.1) is 19.8 Å². The highest BCUT2D eigenvalue weighted by atomic mass is 15.2. The number of hydrogen-bond acceptors (Lipinski definition) is 2. The molecular formula is C10H15N4+. The Morgan fingerprint density at radius 2 is 2.14 bits per heavy atom. The normalized spacial score (nSPS) is 11.1. The Morgan fingerprint density at radius 1 is 1.43 bits per heavy atom. The minimum atomic E-state index is 0.931. The summed E-state index contributed by atoms with van der Waals surface area (Å²) in [6.07, 6.45) is 1.81. The second-order valence-corrected chi connectivity index (χ2v) is 3.51. The van der Waals surface area contributed by atoms with Crippen LogP contribution in [0.4, 0.5) is 0 Å². The van der Waals surface area contributed by atoms with Gasteiger partial charge >= 0.3 is 5.65 Å². The van der Waals surface area contributed by atoms with Crippen LogP contribution in [0.25, 0.3) is 11.3 Å². The van der Waals surface area contributed by atoms with E-state index >= 15 is 0 Å². The summed E-state index contributed by atoms with van der Waals surface area (Å²) in [5.74, 6) is 1.19. The molecule has 0 aliphatic carbocycles. The molecule has 0 saturated heterocycles. The molecule has 14 heavy (non-hydrogen) atoms. The van der Waals surface area contributed by atoms with Gasteiger partial charge in [0, 0.05) is 6.92 Å². The van der Waals surface area contributed by atoms with Gasteiger partial charge in [-0.1, -0.05) is 0 Å². The van der Waals surface area contributed by atoms with Crippen molar-refractivity contribution >= 4 is 11.3 Å². The standard InChI is InChI=1S/C10H15N4/c1-5-14-8(3)13(4)10-9(14)11-6-7(2)12-10/h6H,5H2,1-4H3/q+1. The molecule has 0 aliphatic heterocycles. The first-order valence-corrected chi connectivity index (χ1v) is 4.83. The molecule has 74 valence electrons. The highest BCUT2D eigenvalue weighted by molar-refractivity contribution is 5.62. The molecule has 2 aromatic heterocycles. The van der Waals surface area contributed by atoms with Crippen molar-refractivity contribution in [2.45, 2.75) is 27.3 Å². The molecule has 2 heterocycles. The van der Waals surface area contributed by atoms with Gasteiger partial charge in [-0.3, -0.25) is 0 Å². The third-order valence-electron chi connectivity index (χ3n) is 2.62. The maximum Gasteiger partial charge on any atom is 0.322 e. The lowest BCUT2D eigenvalue weighted by Crippen LogP contribution is -2.31. The fraction of sp³-hybridized carbons (Fsp3) is 0.500. The van der Waals surface area contributed by atoms with Gasteiger partial charge in [-0.25, -0.2) is 14.1 Å². The van der Waals surface area contributed by atoms with E-state index in [0.717, 1.165) is 23.5 Å². The summed E-state index contributed by atoms with van der Waals surface area (Å²) in [6.45, 7) is 7.10.